The third-order valence-electron chi connectivity index (χ3n) is 3.27. The minimum atomic E-state index is -2.56. The van der Waals surface area contributed by atoms with Gasteiger partial charge in [0, 0.05) is 24.7 Å². The van der Waals surface area contributed by atoms with Crippen LogP contribution in [-0.2, 0) is 20.6 Å². The zero-order valence-electron chi connectivity index (χ0n) is 14.5. The summed E-state index contributed by atoms with van der Waals surface area (Å²) in [6.07, 6.45) is 1.44. The van der Waals surface area contributed by atoms with Crippen LogP contribution in [0, 0.1) is 0 Å². The zero-order valence-corrected chi connectivity index (χ0v) is 11.5. The first-order valence-electron chi connectivity index (χ1n) is 7.96. The Morgan fingerprint density at radius 1 is 1.45 bits per heavy atom. The second-order valence-electron chi connectivity index (χ2n) is 4.86. The van der Waals surface area contributed by atoms with Crippen LogP contribution in [-0.4, -0.2) is 24.9 Å². The van der Waals surface area contributed by atoms with Crippen LogP contribution in [0.5, 0.6) is 0 Å². The smallest absolute Gasteiger partial charge is 0.328 e. The van der Waals surface area contributed by atoms with Crippen molar-refractivity contribution in [2.24, 2.45) is 14.0 Å². The molecule has 0 saturated carbocycles. The van der Waals surface area contributed by atoms with Crippen LogP contribution in [0.25, 0.3) is 11.2 Å². The Kier molecular flexibility index (Phi) is 3.03. The molecule has 2 aromatic heterocycles. The lowest BCUT2D eigenvalue weighted by atomic mass is 10.2. The van der Waals surface area contributed by atoms with E-state index in [1.807, 2.05) is 0 Å². The quantitative estimate of drug-likeness (QED) is 0.769. The molecular formula is C13H19FN4O2. The molecule has 0 aliphatic heterocycles. The fraction of sp³-hybridized carbons (Fsp3) is 0.615. The highest BCUT2D eigenvalue weighted by atomic mass is 19.1. The Bertz CT molecular complexity index is 819. The van der Waals surface area contributed by atoms with Crippen LogP contribution < -0.4 is 11.2 Å². The minimum absolute atomic E-state index is 0.0322. The standard InChI is InChI=1S/C13H19FN4O2/c1-9(14)6-4-5-7-18-12(19)10-11(15-8-16(10)2)17(3)13(18)20/h8-9H,4-7H2,1-3H3/i2D3. The minimum Gasteiger partial charge on any atom is -0.328 e. The third-order valence-corrected chi connectivity index (χ3v) is 3.27. The van der Waals surface area contributed by atoms with Crippen LogP contribution in [0.1, 0.15) is 30.3 Å². The molecule has 0 amide bonds. The van der Waals surface area contributed by atoms with Gasteiger partial charge in [0.2, 0.25) is 0 Å². The molecule has 0 aliphatic carbocycles. The Morgan fingerprint density at radius 3 is 2.85 bits per heavy atom. The molecule has 20 heavy (non-hydrogen) atoms. The molecule has 6 nitrogen and oxygen atoms in total. The van der Waals surface area contributed by atoms with Gasteiger partial charge >= 0.3 is 5.69 Å². The summed E-state index contributed by atoms with van der Waals surface area (Å²) in [7, 11) is 1.43. The van der Waals surface area contributed by atoms with Crippen molar-refractivity contribution in [1.82, 2.24) is 18.7 Å². The number of hydrogen-bond donors (Lipinski definition) is 0. The number of alkyl halides is 1. The third kappa shape index (κ3) is 2.52. The molecule has 0 saturated heterocycles. The van der Waals surface area contributed by atoms with Gasteiger partial charge in [0.05, 0.1) is 12.5 Å². The van der Waals surface area contributed by atoms with Crippen molar-refractivity contribution in [2.45, 2.75) is 38.9 Å². The second kappa shape index (κ2) is 5.60. The molecule has 0 aliphatic rings. The highest BCUT2D eigenvalue weighted by Gasteiger charge is 2.14. The first-order valence-corrected chi connectivity index (χ1v) is 6.46. The molecule has 0 N–H and O–H groups in total. The molecule has 0 bridgehead atoms. The summed E-state index contributed by atoms with van der Waals surface area (Å²) in [5.74, 6) is 0. The summed E-state index contributed by atoms with van der Waals surface area (Å²) >= 11 is 0. The molecule has 110 valence electrons. The van der Waals surface area contributed by atoms with E-state index in [2.05, 4.69) is 4.98 Å². The van der Waals surface area contributed by atoms with E-state index in [0.29, 0.717) is 19.3 Å². The first kappa shape index (κ1) is 10.8. The molecule has 2 rings (SSSR count). The van der Waals surface area contributed by atoms with E-state index >= 15 is 0 Å². The highest BCUT2D eigenvalue weighted by Crippen LogP contribution is 2.06. The lowest BCUT2D eigenvalue weighted by Gasteiger charge is -2.08. The van der Waals surface area contributed by atoms with Gasteiger partial charge in [0.15, 0.2) is 11.2 Å². The predicted octanol–water partition coefficient (Wildman–Crippen LogP) is 0.962. The van der Waals surface area contributed by atoms with Crippen molar-refractivity contribution in [3.8, 4) is 0 Å². The van der Waals surface area contributed by atoms with Crippen molar-refractivity contribution in [3.63, 3.8) is 0 Å². The maximum absolute atomic E-state index is 12.8. The van der Waals surface area contributed by atoms with Crippen molar-refractivity contribution >= 4 is 11.2 Å². The molecule has 2 heterocycles. The normalized spacial score (nSPS) is 15.8. The van der Waals surface area contributed by atoms with Crippen molar-refractivity contribution in [3.05, 3.63) is 27.2 Å². The zero-order chi connectivity index (χ0) is 17.4. The fourth-order valence-electron chi connectivity index (χ4n) is 2.16. The van der Waals surface area contributed by atoms with Gasteiger partial charge < -0.3 is 4.57 Å². The molecule has 1 atom stereocenters. The summed E-state index contributed by atoms with van der Waals surface area (Å²) in [4.78, 5) is 28.6. The van der Waals surface area contributed by atoms with Gasteiger partial charge in [-0.3, -0.25) is 13.9 Å². The van der Waals surface area contributed by atoms with Crippen LogP contribution in [0.4, 0.5) is 4.39 Å². The van der Waals surface area contributed by atoms with Gasteiger partial charge in [-0.2, -0.15) is 0 Å². The molecule has 0 radical (unpaired) electrons. The van der Waals surface area contributed by atoms with Gasteiger partial charge in [-0.1, -0.05) is 0 Å². The average molecular weight is 285 g/mol. The first-order chi connectivity index (χ1) is 10.6. The Balaban J connectivity index is 2.49. The van der Waals surface area contributed by atoms with Gasteiger partial charge in [0.25, 0.3) is 5.56 Å². The van der Waals surface area contributed by atoms with Crippen molar-refractivity contribution < 1.29 is 8.50 Å². The summed E-state index contributed by atoms with van der Waals surface area (Å²) in [6.45, 7) is -1.00. The number of fused-ring (bicyclic) bond motifs is 1. The van der Waals surface area contributed by atoms with Gasteiger partial charge in [-0.15, -0.1) is 0 Å². The van der Waals surface area contributed by atoms with E-state index in [9.17, 15) is 14.0 Å². The summed E-state index contributed by atoms with van der Waals surface area (Å²) < 4.78 is 38.1. The lowest BCUT2D eigenvalue weighted by molar-refractivity contribution is 0.328. The molecular weight excluding hydrogens is 263 g/mol. The molecule has 0 spiro atoms. The molecule has 0 aromatic carbocycles. The summed E-state index contributed by atoms with van der Waals surface area (Å²) in [6, 6.07) is 0. The van der Waals surface area contributed by atoms with E-state index < -0.39 is 24.4 Å². The Labute approximate surface area is 119 Å². The van der Waals surface area contributed by atoms with Gasteiger partial charge in [0.1, 0.15) is 0 Å². The predicted molar refractivity (Wildman–Crippen MR) is 74.6 cm³/mol. The Hall–Kier alpha value is -1.92. The number of rotatable bonds is 5. The number of nitrogens with zero attached hydrogens (tertiary/aromatic N) is 4. The monoisotopic (exact) mass is 285 g/mol. The van der Waals surface area contributed by atoms with Crippen molar-refractivity contribution in [2.75, 3.05) is 0 Å². The number of aromatic nitrogens is 4. The van der Waals surface area contributed by atoms with Gasteiger partial charge in [-0.25, -0.2) is 14.2 Å². The number of imidazole rings is 1. The Morgan fingerprint density at radius 2 is 2.20 bits per heavy atom. The number of aryl methyl sites for hydroxylation is 2. The lowest BCUT2D eigenvalue weighted by Crippen LogP contribution is -2.39. The largest absolute Gasteiger partial charge is 0.332 e. The van der Waals surface area contributed by atoms with Crippen LogP contribution >= 0.6 is 0 Å². The maximum atomic E-state index is 12.8. The molecule has 2 aromatic rings. The van der Waals surface area contributed by atoms with E-state index in [1.54, 1.807) is 0 Å². The summed E-state index contributed by atoms with van der Waals surface area (Å²) in [5, 5.41) is 0. The fourth-order valence-corrected chi connectivity index (χ4v) is 2.16. The molecule has 0 fully saturated rings. The van der Waals surface area contributed by atoms with Crippen molar-refractivity contribution in [1.29, 1.82) is 0 Å². The second-order valence-corrected chi connectivity index (χ2v) is 4.86. The maximum Gasteiger partial charge on any atom is 0.332 e. The summed E-state index contributed by atoms with van der Waals surface area (Å²) in [5.41, 5.74) is -1.35. The van der Waals surface area contributed by atoms with Crippen LogP contribution in [0.3, 0.4) is 0 Å². The van der Waals surface area contributed by atoms with E-state index in [0.717, 1.165) is 20.0 Å². The van der Waals surface area contributed by atoms with Gasteiger partial charge in [-0.05, 0) is 26.2 Å². The number of halogens is 1. The molecule has 7 heteroatoms. The SMILES string of the molecule is [2H]C([2H])([2H])n1cnc2c1c(=O)n(CCCCC(C)F)c(=O)n2C. The number of hydrogen-bond acceptors (Lipinski definition) is 3. The van der Waals surface area contributed by atoms with Crippen LogP contribution in [0.15, 0.2) is 15.9 Å². The molecule has 1 unspecified atom stereocenters. The topological polar surface area (TPSA) is 61.8 Å². The number of unbranched alkanes of at least 4 members (excludes halogenated alkanes) is 1. The van der Waals surface area contributed by atoms with E-state index in [-0.39, 0.29) is 17.7 Å². The van der Waals surface area contributed by atoms with Crippen LogP contribution in [0.2, 0.25) is 0 Å². The highest BCUT2D eigenvalue weighted by molar-refractivity contribution is 5.69. The van der Waals surface area contributed by atoms with E-state index in [1.165, 1.54) is 14.0 Å². The van der Waals surface area contributed by atoms with E-state index in [4.69, 9.17) is 4.11 Å². The average Bonchev–Trinajstić information content (AvgIpc) is 2.89.